The zero-order valence-electron chi connectivity index (χ0n) is 14.5. The van der Waals surface area contributed by atoms with Crippen LogP contribution in [0, 0.1) is 0 Å². The smallest absolute Gasteiger partial charge is 0.270 e. The van der Waals surface area contributed by atoms with Gasteiger partial charge in [0, 0.05) is 5.56 Å². The zero-order chi connectivity index (χ0) is 18.7. The number of para-hydroxylation sites is 1. The first-order valence-electron chi connectivity index (χ1n) is 7.72. The molecular formula is C19H17NO4S2. The van der Waals surface area contributed by atoms with Crippen molar-refractivity contribution >= 4 is 46.0 Å². The second kappa shape index (κ2) is 7.80. The molecule has 2 aromatic rings. The van der Waals surface area contributed by atoms with Crippen molar-refractivity contribution in [3.63, 3.8) is 0 Å². The van der Waals surface area contributed by atoms with Crippen molar-refractivity contribution in [2.45, 2.75) is 0 Å². The molecule has 0 saturated carbocycles. The number of amides is 1. The fourth-order valence-corrected chi connectivity index (χ4v) is 3.88. The van der Waals surface area contributed by atoms with Gasteiger partial charge in [-0.1, -0.05) is 36.1 Å². The van der Waals surface area contributed by atoms with E-state index >= 15 is 0 Å². The molecule has 1 saturated heterocycles. The van der Waals surface area contributed by atoms with Gasteiger partial charge in [0.1, 0.15) is 5.75 Å². The number of thiocarbonyl (C=S) groups is 1. The number of carbonyl (C=O) groups excluding carboxylic acids is 1. The van der Waals surface area contributed by atoms with Crippen molar-refractivity contribution < 1.29 is 19.0 Å². The van der Waals surface area contributed by atoms with E-state index in [2.05, 4.69) is 0 Å². The van der Waals surface area contributed by atoms with E-state index in [9.17, 15) is 4.79 Å². The predicted molar refractivity (Wildman–Crippen MR) is 108 cm³/mol. The van der Waals surface area contributed by atoms with Gasteiger partial charge >= 0.3 is 0 Å². The van der Waals surface area contributed by atoms with Crippen molar-refractivity contribution in [1.82, 2.24) is 0 Å². The maximum Gasteiger partial charge on any atom is 0.270 e. The van der Waals surface area contributed by atoms with Gasteiger partial charge in [-0.3, -0.25) is 9.69 Å². The number of carbonyl (C=O) groups is 1. The standard InChI is InChI=1S/C19H17NO4S2/c1-22-14-9-7-13(8-10-14)20-18(21)16(26-19(20)25)11-12-5-4-6-15(23-2)17(12)24-3/h4-11H,1-3H3/b16-11-. The molecule has 0 unspecified atom stereocenters. The lowest BCUT2D eigenvalue weighted by Crippen LogP contribution is -2.27. The van der Waals surface area contributed by atoms with Crippen LogP contribution in [0.3, 0.4) is 0 Å². The summed E-state index contributed by atoms with van der Waals surface area (Å²) in [6.07, 6.45) is 1.77. The molecule has 0 spiro atoms. The summed E-state index contributed by atoms with van der Waals surface area (Å²) in [4.78, 5) is 14.9. The molecular weight excluding hydrogens is 370 g/mol. The third-order valence-electron chi connectivity index (χ3n) is 3.84. The average Bonchev–Trinajstić information content (AvgIpc) is 2.94. The van der Waals surface area contributed by atoms with Crippen molar-refractivity contribution in [2.75, 3.05) is 26.2 Å². The molecule has 1 fully saturated rings. The van der Waals surface area contributed by atoms with Crippen LogP contribution in [-0.2, 0) is 4.79 Å². The van der Waals surface area contributed by atoms with E-state index in [-0.39, 0.29) is 5.91 Å². The van der Waals surface area contributed by atoms with Crippen molar-refractivity contribution in [3.05, 3.63) is 52.9 Å². The molecule has 2 aromatic carbocycles. The number of nitrogens with zero attached hydrogens (tertiary/aromatic N) is 1. The Kier molecular flexibility index (Phi) is 5.49. The maximum atomic E-state index is 12.9. The third-order valence-corrected chi connectivity index (χ3v) is 5.15. The van der Waals surface area contributed by atoms with E-state index in [4.69, 9.17) is 26.4 Å². The molecule has 1 aliphatic heterocycles. The monoisotopic (exact) mass is 387 g/mol. The first kappa shape index (κ1) is 18.3. The Morgan fingerprint density at radius 1 is 1.00 bits per heavy atom. The summed E-state index contributed by atoms with van der Waals surface area (Å²) in [5.74, 6) is 1.72. The van der Waals surface area contributed by atoms with E-state index in [0.29, 0.717) is 26.4 Å². The van der Waals surface area contributed by atoms with Crippen LogP contribution in [0.1, 0.15) is 5.56 Å². The number of hydrogen-bond acceptors (Lipinski definition) is 6. The van der Waals surface area contributed by atoms with E-state index in [0.717, 1.165) is 11.3 Å². The molecule has 0 atom stereocenters. The van der Waals surface area contributed by atoms with E-state index in [1.54, 1.807) is 57.7 Å². The van der Waals surface area contributed by atoms with Crippen LogP contribution in [0.4, 0.5) is 5.69 Å². The van der Waals surface area contributed by atoms with Crippen LogP contribution >= 0.6 is 24.0 Å². The fourth-order valence-electron chi connectivity index (χ4n) is 2.59. The highest BCUT2D eigenvalue weighted by molar-refractivity contribution is 8.27. The largest absolute Gasteiger partial charge is 0.497 e. The van der Waals surface area contributed by atoms with Crippen LogP contribution in [0.15, 0.2) is 47.4 Å². The molecule has 0 N–H and O–H groups in total. The minimum atomic E-state index is -0.171. The predicted octanol–water partition coefficient (Wildman–Crippen LogP) is 4.12. The van der Waals surface area contributed by atoms with Crippen LogP contribution in [0.5, 0.6) is 17.2 Å². The van der Waals surface area contributed by atoms with Gasteiger partial charge in [-0.2, -0.15) is 0 Å². The lowest BCUT2D eigenvalue weighted by Gasteiger charge is -2.14. The molecule has 0 aromatic heterocycles. The molecule has 1 aliphatic rings. The van der Waals surface area contributed by atoms with Gasteiger partial charge in [0.05, 0.1) is 31.9 Å². The van der Waals surface area contributed by atoms with Gasteiger partial charge in [0.15, 0.2) is 15.8 Å². The van der Waals surface area contributed by atoms with E-state index in [1.165, 1.54) is 16.7 Å². The topological polar surface area (TPSA) is 48.0 Å². The van der Waals surface area contributed by atoms with E-state index < -0.39 is 0 Å². The molecule has 1 amide bonds. The summed E-state index contributed by atoms with van der Waals surface area (Å²) in [6, 6.07) is 12.7. The van der Waals surface area contributed by atoms with Crippen LogP contribution < -0.4 is 19.1 Å². The Bertz CT molecular complexity index is 878. The van der Waals surface area contributed by atoms with Gasteiger partial charge in [0.25, 0.3) is 5.91 Å². The van der Waals surface area contributed by atoms with Gasteiger partial charge in [0.2, 0.25) is 0 Å². The number of hydrogen-bond donors (Lipinski definition) is 0. The summed E-state index contributed by atoms with van der Waals surface area (Å²) < 4.78 is 16.4. The average molecular weight is 387 g/mol. The van der Waals surface area contributed by atoms with Gasteiger partial charge in [-0.25, -0.2) is 0 Å². The number of anilines is 1. The summed E-state index contributed by atoms with van der Waals surface area (Å²) >= 11 is 6.66. The minimum absolute atomic E-state index is 0.171. The number of ether oxygens (including phenoxy) is 3. The van der Waals surface area contributed by atoms with Crippen molar-refractivity contribution in [3.8, 4) is 17.2 Å². The third kappa shape index (κ3) is 3.40. The molecule has 0 aliphatic carbocycles. The lowest BCUT2D eigenvalue weighted by molar-refractivity contribution is -0.113. The molecule has 7 heteroatoms. The molecule has 26 heavy (non-hydrogen) atoms. The molecule has 5 nitrogen and oxygen atoms in total. The zero-order valence-corrected chi connectivity index (χ0v) is 16.1. The van der Waals surface area contributed by atoms with Gasteiger partial charge < -0.3 is 14.2 Å². The summed E-state index contributed by atoms with van der Waals surface area (Å²) in [5, 5.41) is 0. The minimum Gasteiger partial charge on any atom is -0.497 e. The SMILES string of the molecule is COc1ccc(N2C(=O)/C(=C/c3cccc(OC)c3OC)SC2=S)cc1. The van der Waals surface area contributed by atoms with Crippen LogP contribution in [-0.4, -0.2) is 31.6 Å². The Morgan fingerprint density at radius 3 is 2.35 bits per heavy atom. The lowest BCUT2D eigenvalue weighted by atomic mass is 10.1. The van der Waals surface area contributed by atoms with Crippen molar-refractivity contribution in [2.24, 2.45) is 0 Å². The van der Waals surface area contributed by atoms with Crippen LogP contribution in [0.2, 0.25) is 0 Å². The first-order valence-corrected chi connectivity index (χ1v) is 8.94. The van der Waals surface area contributed by atoms with Crippen LogP contribution in [0.25, 0.3) is 6.08 Å². The normalized spacial score (nSPS) is 15.5. The number of thioether (sulfide) groups is 1. The second-order valence-corrected chi connectivity index (χ2v) is 6.97. The van der Waals surface area contributed by atoms with Gasteiger partial charge in [-0.15, -0.1) is 0 Å². The Balaban J connectivity index is 1.95. The van der Waals surface area contributed by atoms with Gasteiger partial charge in [-0.05, 0) is 36.4 Å². The summed E-state index contributed by atoms with van der Waals surface area (Å²) in [5.41, 5.74) is 1.45. The quantitative estimate of drug-likeness (QED) is 0.568. The van der Waals surface area contributed by atoms with Crippen molar-refractivity contribution in [1.29, 1.82) is 0 Å². The number of rotatable bonds is 5. The maximum absolute atomic E-state index is 12.9. The first-order chi connectivity index (χ1) is 12.6. The Hall–Kier alpha value is -2.51. The Morgan fingerprint density at radius 2 is 1.73 bits per heavy atom. The highest BCUT2D eigenvalue weighted by Gasteiger charge is 2.33. The number of benzene rings is 2. The molecule has 1 heterocycles. The fraction of sp³-hybridized carbons (Fsp3) is 0.158. The highest BCUT2D eigenvalue weighted by Crippen LogP contribution is 2.39. The summed E-state index contributed by atoms with van der Waals surface area (Å²) in [7, 11) is 4.74. The highest BCUT2D eigenvalue weighted by atomic mass is 32.2. The Labute approximate surface area is 161 Å². The van der Waals surface area contributed by atoms with E-state index in [1.807, 2.05) is 12.1 Å². The molecule has 3 rings (SSSR count). The summed E-state index contributed by atoms with van der Waals surface area (Å²) in [6.45, 7) is 0. The second-order valence-electron chi connectivity index (χ2n) is 5.30. The number of methoxy groups -OCH3 is 3. The molecule has 0 bridgehead atoms. The molecule has 0 radical (unpaired) electrons. The molecule has 134 valence electrons.